The van der Waals surface area contributed by atoms with E-state index in [-0.39, 0.29) is 0 Å². The summed E-state index contributed by atoms with van der Waals surface area (Å²) >= 11 is 13.6. The van der Waals surface area contributed by atoms with Gasteiger partial charge < -0.3 is 5.32 Å². The van der Waals surface area contributed by atoms with Crippen LogP contribution in [0.5, 0.6) is 0 Å². The molecule has 3 nitrogen and oxygen atoms in total. The summed E-state index contributed by atoms with van der Waals surface area (Å²) in [6.45, 7) is 2.74. The van der Waals surface area contributed by atoms with Gasteiger partial charge in [0.05, 0.1) is 10.0 Å². The van der Waals surface area contributed by atoms with Crippen LogP contribution in [0.25, 0.3) is 0 Å². The monoisotopic (exact) mass is 299 g/mol. The van der Waals surface area contributed by atoms with E-state index >= 15 is 0 Å². The van der Waals surface area contributed by atoms with E-state index in [0.717, 1.165) is 11.6 Å². The second-order valence-electron chi connectivity index (χ2n) is 3.41. The Kier molecular flexibility index (Phi) is 4.69. The van der Waals surface area contributed by atoms with Crippen LogP contribution in [0, 0.1) is 0 Å². The molecule has 2 heterocycles. The van der Waals surface area contributed by atoms with Crippen molar-refractivity contribution in [3.63, 3.8) is 0 Å². The summed E-state index contributed by atoms with van der Waals surface area (Å²) in [5, 5.41) is 5.67. The molecule has 0 aliphatic carbocycles. The van der Waals surface area contributed by atoms with Crippen molar-refractivity contribution in [1.82, 2.24) is 9.97 Å². The average Bonchev–Trinajstić information content (AvgIpc) is 2.37. The average molecular weight is 300 g/mol. The van der Waals surface area contributed by atoms with Crippen molar-refractivity contribution in [1.29, 1.82) is 0 Å². The molecule has 0 saturated heterocycles. The van der Waals surface area contributed by atoms with Gasteiger partial charge in [-0.25, -0.2) is 9.97 Å². The predicted molar refractivity (Wildman–Crippen MR) is 76.8 cm³/mol. The van der Waals surface area contributed by atoms with Crippen molar-refractivity contribution in [3.8, 4) is 0 Å². The van der Waals surface area contributed by atoms with Gasteiger partial charge in [0.2, 0.25) is 0 Å². The maximum absolute atomic E-state index is 6.13. The van der Waals surface area contributed by atoms with Crippen LogP contribution in [-0.2, 0) is 0 Å². The number of hydrogen-bond donors (Lipinski definition) is 1. The van der Waals surface area contributed by atoms with E-state index in [1.54, 1.807) is 12.3 Å². The van der Waals surface area contributed by atoms with E-state index in [0.29, 0.717) is 20.9 Å². The quantitative estimate of drug-likeness (QED) is 0.910. The zero-order valence-electron chi connectivity index (χ0n) is 9.65. The van der Waals surface area contributed by atoms with Gasteiger partial charge in [0.25, 0.3) is 0 Å². The number of rotatable bonds is 4. The van der Waals surface area contributed by atoms with Gasteiger partial charge in [-0.3, -0.25) is 0 Å². The van der Waals surface area contributed by atoms with Crippen molar-refractivity contribution >= 4 is 40.8 Å². The summed E-state index contributed by atoms with van der Waals surface area (Å²) < 4.78 is 0. The lowest BCUT2D eigenvalue weighted by molar-refractivity contribution is 1.07. The summed E-state index contributed by atoms with van der Waals surface area (Å²) in [5.74, 6) is 0.641. The van der Waals surface area contributed by atoms with Gasteiger partial charge in [0.1, 0.15) is 15.9 Å². The Bertz CT molecular complexity index is 534. The second-order valence-corrected chi connectivity index (χ2v) is 5.23. The molecule has 2 rings (SSSR count). The molecule has 0 bridgehead atoms. The fourth-order valence-electron chi connectivity index (χ4n) is 1.32. The first kappa shape index (κ1) is 13.5. The molecule has 2 aromatic heterocycles. The van der Waals surface area contributed by atoms with Crippen molar-refractivity contribution in [2.24, 2.45) is 0 Å². The normalized spacial score (nSPS) is 10.4. The molecule has 2 aromatic rings. The minimum absolute atomic E-state index is 0.521. The molecular weight excluding hydrogens is 289 g/mol. The fraction of sp³-hybridized carbons (Fsp3) is 0.167. The Morgan fingerprint density at radius 3 is 2.78 bits per heavy atom. The number of pyridine rings is 2. The Labute approximate surface area is 120 Å². The largest absolute Gasteiger partial charge is 0.369 e. The first-order valence-electron chi connectivity index (χ1n) is 5.39. The van der Waals surface area contributed by atoms with E-state index in [1.165, 1.54) is 11.8 Å². The van der Waals surface area contributed by atoms with Crippen LogP contribution in [-0.4, -0.2) is 16.5 Å². The van der Waals surface area contributed by atoms with Crippen molar-refractivity contribution < 1.29 is 0 Å². The molecule has 0 saturated carbocycles. The maximum Gasteiger partial charge on any atom is 0.146 e. The molecule has 0 aromatic carbocycles. The molecule has 0 aliphatic heterocycles. The second kappa shape index (κ2) is 6.27. The third-order valence-electron chi connectivity index (χ3n) is 2.08. The van der Waals surface area contributed by atoms with Crippen LogP contribution in [0.1, 0.15) is 6.92 Å². The minimum atomic E-state index is 0.521. The van der Waals surface area contributed by atoms with Crippen molar-refractivity contribution in [3.05, 3.63) is 40.5 Å². The smallest absolute Gasteiger partial charge is 0.146 e. The Morgan fingerprint density at radius 2 is 2.11 bits per heavy atom. The highest BCUT2D eigenvalue weighted by Gasteiger charge is 2.10. The summed E-state index contributed by atoms with van der Waals surface area (Å²) in [6, 6.07) is 7.39. The van der Waals surface area contributed by atoms with E-state index in [9.17, 15) is 0 Å². The Hall–Kier alpha value is -0.970. The molecule has 0 spiro atoms. The van der Waals surface area contributed by atoms with Gasteiger partial charge >= 0.3 is 0 Å². The zero-order chi connectivity index (χ0) is 13.0. The molecule has 18 heavy (non-hydrogen) atoms. The number of aromatic nitrogens is 2. The lowest BCUT2D eigenvalue weighted by atomic mass is 10.4. The van der Waals surface area contributed by atoms with Gasteiger partial charge in [-0.15, -0.1) is 0 Å². The van der Waals surface area contributed by atoms with E-state index in [2.05, 4.69) is 15.3 Å². The van der Waals surface area contributed by atoms with Crippen LogP contribution in [0.15, 0.2) is 40.5 Å². The van der Waals surface area contributed by atoms with E-state index in [4.69, 9.17) is 23.2 Å². The lowest BCUT2D eigenvalue weighted by Gasteiger charge is -2.09. The van der Waals surface area contributed by atoms with Gasteiger partial charge in [-0.05, 0) is 36.9 Å². The van der Waals surface area contributed by atoms with Gasteiger partial charge in [0, 0.05) is 12.7 Å². The highest BCUT2D eigenvalue weighted by molar-refractivity contribution is 7.99. The summed E-state index contributed by atoms with van der Waals surface area (Å²) in [5.41, 5.74) is 0. The van der Waals surface area contributed by atoms with Crippen molar-refractivity contribution in [2.75, 3.05) is 11.9 Å². The summed E-state index contributed by atoms with van der Waals surface area (Å²) in [6.07, 6.45) is 1.73. The highest BCUT2D eigenvalue weighted by Crippen LogP contribution is 2.34. The predicted octanol–water partition coefficient (Wildman–Crippen LogP) is 4.37. The fourth-order valence-corrected chi connectivity index (χ4v) is 2.61. The molecule has 6 heteroatoms. The zero-order valence-corrected chi connectivity index (χ0v) is 12.0. The van der Waals surface area contributed by atoms with E-state index in [1.807, 2.05) is 25.1 Å². The van der Waals surface area contributed by atoms with Gasteiger partial charge in [-0.2, -0.15) is 0 Å². The molecule has 0 radical (unpaired) electrons. The summed E-state index contributed by atoms with van der Waals surface area (Å²) in [7, 11) is 0. The number of nitrogens with zero attached hydrogens (tertiary/aromatic N) is 2. The van der Waals surface area contributed by atoms with Crippen molar-refractivity contribution in [2.45, 2.75) is 17.0 Å². The molecule has 0 unspecified atom stereocenters. The molecule has 0 atom stereocenters. The molecule has 0 amide bonds. The number of nitrogens with one attached hydrogen (secondary N) is 1. The third-order valence-corrected chi connectivity index (χ3v) is 3.72. The minimum Gasteiger partial charge on any atom is -0.369 e. The van der Waals surface area contributed by atoms with Gasteiger partial charge in [-0.1, -0.05) is 29.3 Å². The van der Waals surface area contributed by atoms with Crippen LogP contribution in [0.2, 0.25) is 10.0 Å². The van der Waals surface area contributed by atoms with Crippen LogP contribution in [0.4, 0.5) is 5.82 Å². The summed E-state index contributed by atoms with van der Waals surface area (Å²) in [4.78, 5) is 8.63. The van der Waals surface area contributed by atoms with Crippen LogP contribution < -0.4 is 5.32 Å². The van der Waals surface area contributed by atoms with Crippen LogP contribution in [0.3, 0.4) is 0 Å². The maximum atomic E-state index is 6.13. The van der Waals surface area contributed by atoms with E-state index < -0.39 is 0 Å². The Balaban J connectivity index is 2.30. The first-order valence-corrected chi connectivity index (χ1v) is 6.96. The SMILES string of the molecule is CCNc1nc(Sc2ccccn2)c(Cl)cc1Cl. The molecule has 94 valence electrons. The lowest BCUT2D eigenvalue weighted by Crippen LogP contribution is -2.01. The van der Waals surface area contributed by atoms with Crippen LogP contribution >= 0.6 is 35.0 Å². The number of anilines is 1. The molecule has 0 aliphatic rings. The highest BCUT2D eigenvalue weighted by atomic mass is 35.5. The standard InChI is InChI=1S/C12H11Cl2N3S/c1-2-15-11-8(13)7-9(14)12(17-11)18-10-5-3-4-6-16-10/h3-7H,2H2,1H3,(H,15,17). The third kappa shape index (κ3) is 3.28. The van der Waals surface area contributed by atoms with Gasteiger partial charge in [0.15, 0.2) is 0 Å². The molecular formula is C12H11Cl2N3S. The topological polar surface area (TPSA) is 37.8 Å². The Morgan fingerprint density at radius 1 is 1.28 bits per heavy atom. The number of hydrogen-bond acceptors (Lipinski definition) is 4. The number of halogens is 2. The first-order chi connectivity index (χ1) is 8.70. The molecule has 1 N–H and O–H groups in total. The molecule has 0 fully saturated rings.